The summed E-state index contributed by atoms with van der Waals surface area (Å²) in [5.74, 6) is -3.35. The molecule has 1 saturated carbocycles. The van der Waals surface area contributed by atoms with Gasteiger partial charge in [-0.3, -0.25) is 9.59 Å². The lowest BCUT2D eigenvalue weighted by atomic mass is 9.77. The largest absolute Gasteiger partial charge is 0.489 e. The number of hydrogen-bond acceptors (Lipinski definition) is 6. The summed E-state index contributed by atoms with van der Waals surface area (Å²) in [5.41, 5.74) is 10.4. The number of carboxylic acid groups (broad SMARTS) is 1. The molecule has 1 aliphatic heterocycles. The van der Waals surface area contributed by atoms with Crippen LogP contribution in [0.3, 0.4) is 0 Å². The fraction of sp³-hybridized carbons (Fsp3) is 0.333. The number of carbonyl (C=O) groups excluding carboxylic acids is 1. The van der Waals surface area contributed by atoms with Crippen LogP contribution in [0.15, 0.2) is 71.8 Å². The maximum absolute atomic E-state index is 14.4. The van der Waals surface area contributed by atoms with E-state index in [4.69, 9.17) is 33.5 Å². The summed E-state index contributed by atoms with van der Waals surface area (Å²) >= 11 is 12.8. The maximum Gasteiger partial charge on any atom is 0.313 e. The molecular weight excluding hydrogens is 629 g/mol. The van der Waals surface area contributed by atoms with Gasteiger partial charge in [-0.1, -0.05) is 77.6 Å². The van der Waals surface area contributed by atoms with E-state index in [1.54, 1.807) is 30.3 Å². The van der Waals surface area contributed by atoms with Crippen LogP contribution >= 0.6 is 23.2 Å². The van der Waals surface area contributed by atoms with E-state index in [9.17, 15) is 23.1 Å². The van der Waals surface area contributed by atoms with Crippen LogP contribution in [0.25, 0.3) is 10.4 Å². The number of halogens is 2. The van der Waals surface area contributed by atoms with Gasteiger partial charge in [0, 0.05) is 32.6 Å². The van der Waals surface area contributed by atoms with Gasteiger partial charge in [0.2, 0.25) is 10.0 Å². The minimum Gasteiger partial charge on any atom is -0.489 e. The Labute approximate surface area is 264 Å². The summed E-state index contributed by atoms with van der Waals surface area (Å²) in [6.45, 7) is 0.240. The smallest absolute Gasteiger partial charge is 0.313 e. The predicted molar refractivity (Wildman–Crippen MR) is 165 cm³/mol. The molecule has 1 amide bonds. The highest BCUT2D eigenvalue weighted by atomic mass is 35.5. The van der Waals surface area contributed by atoms with Crippen LogP contribution in [0.4, 0.5) is 0 Å². The van der Waals surface area contributed by atoms with Crippen LogP contribution in [-0.4, -0.2) is 48.3 Å². The van der Waals surface area contributed by atoms with E-state index in [2.05, 4.69) is 14.7 Å². The minimum absolute atomic E-state index is 0.169. The van der Waals surface area contributed by atoms with Gasteiger partial charge in [0.15, 0.2) is 0 Å². The molecule has 3 aromatic rings. The first-order valence-corrected chi connectivity index (χ1v) is 16.3. The SMILES string of the molecule is [N-]=[N+]=NCS(=O)(=O)N[C@H]1CCCC[C@@H]1N1C(=O)c2ccc(OCc3ccccc3)cc2[C@@H](C(=O)O)[C@@H]1c1ccc(Cl)cc1Cl. The molecule has 0 saturated heterocycles. The first kappa shape index (κ1) is 31.6. The molecule has 0 radical (unpaired) electrons. The van der Waals surface area contributed by atoms with Gasteiger partial charge in [0.05, 0.1) is 6.04 Å². The third-order valence-electron chi connectivity index (χ3n) is 7.94. The molecule has 1 aliphatic carbocycles. The van der Waals surface area contributed by atoms with Crippen molar-refractivity contribution in [2.24, 2.45) is 5.11 Å². The second kappa shape index (κ2) is 13.5. The van der Waals surface area contributed by atoms with Crippen molar-refractivity contribution in [1.29, 1.82) is 0 Å². The normalized spacial score (nSPS) is 21.7. The molecule has 3 aromatic carbocycles. The average Bonchev–Trinajstić information content (AvgIpc) is 2.99. The Balaban J connectivity index is 1.61. The van der Waals surface area contributed by atoms with Gasteiger partial charge in [-0.15, -0.1) is 0 Å². The van der Waals surface area contributed by atoms with Crippen LogP contribution in [0.2, 0.25) is 10.0 Å². The number of carboxylic acids is 1. The molecule has 2 aliphatic rings. The number of ether oxygens (including phenoxy) is 1. The Morgan fingerprint density at radius 2 is 1.82 bits per heavy atom. The van der Waals surface area contributed by atoms with Crippen molar-refractivity contribution in [2.45, 2.75) is 56.3 Å². The highest BCUT2D eigenvalue weighted by Crippen LogP contribution is 2.48. The highest BCUT2D eigenvalue weighted by Gasteiger charge is 2.49. The van der Waals surface area contributed by atoms with Crippen molar-refractivity contribution in [3.63, 3.8) is 0 Å². The second-order valence-electron chi connectivity index (χ2n) is 10.7. The number of rotatable bonds is 10. The first-order valence-electron chi connectivity index (χ1n) is 13.9. The Kier molecular flexibility index (Phi) is 9.67. The summed E-state index contributed by atoms with van der Waals surface area (Å²) in [6, 6.07) is 16.3. The van der Waals surface area contributed by atoms with Gasteiger partial charge in [-0.05, 0) is 65.4 Å². The van der Waals surface area contributed by atoms with E-state index in [0.29, 0.717) is 42.0 Å². The maximum atomic E-state index is 14.4. The third-order valence-corrected chi connectivity index (χ3v) is 9.62. The summed E-state index contributed by atoms with van der Waals surface area (Å²) in [4.78, 5) is 31.5. The molecule has 4 atom stereocenters. The topological polar surface area (TPSA) is 162 Å². The number of aliphatic carboxylic acids is 1. The van der Waals surface area contributed by atoms with Crippen LogP contribution in [0, 0.1) is 0 Å². The molecule has 0 aromatic heterocycles. The van der Waals surface area contributed by atoms with Crippen LogP contribution in [-0.2, 0) is 21.4 Å². The number of carbonyl (C=O) groups is 2. The van der Waals surface area contributed by atoms with Gasteiger partial charge in [0.25, 0.3) is 5.91 Å². The first-order chi connectivity index (χ1) is 21.1. The van der Waals surface area contributed by atoms with E-state index in [-0.39, 0.29) is 22.8 Å². The van der Waals surface area contributed by atoms with Gasteiger partial charge in [0.1, 0.15) is 24.2 Å². The fourth-order valence-electron chi connectivity index (χ4n) is 6.07. The van der Waals surface area contributed by atoms with Gasteiger partial charge in [-0.25, -0.2) is 13.1 Å². The van der Waals surface area contributed by atoms with Gasteiger partial charge in [-0.2, -0.15) is 0 Å². The molecule has 2 N–H and O–H groups in total. The lowest BCUT2D eigenvalue weighted by molar-refractivity contribution is -0.141. The van der Waals surface area contributed by atoms with Crippen LogP contribution < -0.4 is 9.46 Å². The Morgan fingerprint density at radius 3 is 2.52 bits per heavy atom. The molecule has 1 fully saturated rings. The standard InChI is InChI=1S/C30H29Cl2N5O6S/c31-19-10-12-22(24(32)14-19)28-27(30(39)40)23-15-20(43-16-18-6-2-1-3-7-18)11-13-21(23)29(38)37(28)26-9-5-4-8-25(26)35-44(41,42)17-34-36-33/h1-3,6-7,10-15,25-28,35H,4-5,8-9,16-17H2,(H,39,40)/t25-,26-,27+,28-/m0/s1. The quantitative estimate of drug-likeness (QED) is 0.145. The van der Waals surface area contributed by atoms with E-state index in [1.807, 2.05) is 30.3 Å². The van der Waals surface area contributed by atoms with Crippen LogP contribution in [0.1, 0.15) is 64.7 Å². The molecule has 14 heteroatoms. The van der Waals surface area contributed by atoms with Crippen molar-refractivity contribution in [2.75, 3.05) is 5.88 Å². The zero-order chi connectivity index (χ0) is 31.4. The molecular formula is C30H29Cl2N5O6S. The molecule has 44 heavy (non-hydrogen) atoms. The van der Waals surface area contributed by atoms with Gasteiger partial charge < -0.3 is 14.7 Å². The van der Waals surface area contributed by atoms with Crippen molar-refractivity contribution < 1.29 is 27.9 Å². The highest BCUT2D eigenvalue weighted by molar-refractivity contribution is 7.89. The number of amides is 1. The summed E-state index contributed by atoms with van der Waals surface area (Å²) in [5, 5.41) is 14.4. The molecule has 5 rings (SSSR count). The number of nitrogens with zero attached hydrogens (tertiary/aromatic N) is 4. The van der Waals surface area contributed by atoms with E-state index in [1.165, 1.54) is 11.0 Å². The van der Waals surface area contributed by atoms with Crippen molar-refractivity contribution in [3.05, 3.63) is 109 Å². The number of fused-ring (bicyclic) bond motifs is 1. The molecule has 0 unspecified atom stereocenters. The Hall–Kier alpha value is -3.80. The number of benzene rings is 3. The fourth-order valence-corrected chi connectivity index (χ4v) is 7.60. The van der Waals surface area contributed by atoms with E-state index >= 15 is 0 Å². The molecule has 0 bridgehead atoms. The number of nitrogens with one attached hydrogen (secondary N) is 1. The average molecular weight is 659 g/mol. The third kappa shape index (κ3) is 6.80. The molecule has 0 spiro atoms. The summed E-state index contributed by atoms with van der Waals surface area (Å²) in [7, 11) is -4.04. The monoisotopic (exact) mass is 657 g/mol. The van der Waals surface area contributed by atoms with Gasteiger partial charge >= 0.3 is 5.97 Å². The molecule has 11 nitrogen and oxygen atoms in total. The predicted octanol–water partition coefficient (Wildman–Crippen LogP) is 6.44. The molecule has 1 heterocycles. The molecule has 230 valence electrons. The van der Waals surface area contributed by atoms with E-state index in [0.717, 1.165) is 5.56 Å². The Morgan fingerprint density at radius 1 is 1.07 bits per heavy atom. The van der Waals surface area contributed by atoms with Crippen molar-refractivity contribution in [1.82, 2.24) is 9.62 Å². The zero-order valence-electron chi connectivity index (χ0n) is 23.3. The lowest BCUT2D eigenvalue weighted by Crippen LogP contribution is -2.58. The number of hydrogen-bond donors (Lipinski definition) is 2. The zero-order valence-corrected chi connectivity index (χ0v) is 25.7. The van der Waals surface area contributed by atoms with Crippen molar-refractivity contribution >= 4 is 45.1 Å². The minimum atomic E-state index is -4.04. The summed E-state index contributed by atoms with van der Waals surface area (Å²) in [6.07, 6.45) is 2.16. The number of sulfonamides is 1. The van der Waals surface area contributed by atoms with Crippen LogP contribution in [0.5, 0.6) is 5.75 Å². The Bertz CT molecular complexity index is 1720. The summed E-state index contributed by atoms with van der Waals surface area (Å²) < 4.78 is 34.1. The van der Waals surface area contributed by atoms with Crippen molar-refractivity contribution in [3.8, 4) is 5.75 Å². The second-order valence-corrected chi connectivity index (χ2v) is 13.3. The van der Waals surface area contributed by atoms with E-state index < -0.39 is 51.8 Å². The number of azide groups is 1. The lowest BCUT2D eigenvalue weighted by Gasteiger charge is -2.48.